The third-order valence-corrected chi connectivity index (χ3v) is 9.91. The molecule has 0 aliphatic rings. The van der Waals surface area contributed by atoms with Gasteiger partial charge in [0.2, 0.25) is 5.91 Å². The standard InChI is InChI=1S/C40H79N2O6P/c1-6-8-10-12-14-16-18-20-22-24-26-28-30-32-34-40(44)41-38(37-48-49(45,46)47-36-35-42(3,4)5)39(43)33-31-29-27-25-23-21-19-17-15-13-11-9-7-2/h23,25,31,33,38-39,43H,6-22,24,26-30,32,34-37H2,1-5H3,(H-,41,44,45,46)/p+1/b25-23+,33-31+. The SMILES string of the molecule is CCCCCCCCC/C=C/CC/C=C/C(O)C(COP(=O)(O)OCC[N+](C)(C)C)NC(=O)CCCCCCCCCCCCCCCC. The monoisotopic (exact) mass is 716 g/mol. The molecule has 0 aliphatic carbocycles. The number of rotatable bonds is 36. The molecule has 0 bridgehead atoms. The predicted molar refractivity (Wildman–Crippen MR) is 208 cm³/mol. The molecule has 0 saturated heterocycles. The number of carbonyl (C=O) groups is 1. The maximum absolute atomic E-state index is 12.8. The molecule has 290 valence electrons. The Morgan fingerprint density at radius 2 is 1.12 bits per heavy atom. The van der Waals surface area contributed by atoms with Crippen molar-refractivity contribution in [3.8, 4) is 0 Å². The Hall–Kier alpha value is -1.02. The molecule has 0 fully saturated rings. The number of likely N-dealkylation sites (N-methyl/N-ethyl adjacent to an activating group) is 1. The van der Waals surface area contributed by atoms with Crippen molar-refractivity contribution in [1.82, 2.24) is 5.32 Å². The molecule has 3 N–H and O–H groups in total. The predicted octanol–water partition coefficient (Wildman–Crippen LogP) is 10.6. The maximum atomic E-state index is 12.8. The lowest BCUT2D eigenvalue weighted by Crippen LogP contribution is -2.45. The molecule has 0 radical (unpaired) electrons. The number of hydrogen-bond donors (Lipinski definition) is 3. The van der Waals surface area contributed by atoms with E-state index in [1.807, 2.05) is 27.2 Å². The van der Waals surface area contributed by atoms with Crippen LogP contribution >= 0.6 is 7.82 Å². The van der Waals surface area contributed by atoms with E-state index in [-0.39, 0.29) is 19.1 Å². The van der Waals surface area contributed by atoms with Gasteiger partial charge in [0.1, 0.15) is 13.2 Å². The number of aliphatic hydroxyl groups is 1. The van der Waals surface area contributed by atoms with Gasteiger partial charge in [-0.2, -0.15) is 0 Å². The third kappa shape index (κ3) is 35.2. The number of quaternary nitrogens is 1. The molecule has 0 saturated carbocycles. The number of aliphatic hydroxyl groups excluding tert-OH is 1. The van der Waals surface area contributed by atoms with Crippen LogP contribution in [-0.2, 0) is 18.4 Å². The number of phosphoric acid groups is 1. The van der Waals surface area contributed by atoms with Crippen LogP contribution in [0.25, 0.3) is 0 Å². The second kappa shape index (κ2) is 32.9. The second-order valence-electron chi connectivity index (χ2n) is 15.0. The van der Waals surface area contributed by atoms with Crippen molar-refractivity contribution < 1.29 is 32.9 Å². The van der Waals surface area contributed by atoms with Crippen molar-refractivity contribution >= 4 is 13.7 Å². The highest BCUT2D eigenvalue weighted by Crippen LogP contribution is 2.43. The molecule has 49 heavy (non-hydrogen) atoms. The average molecular weight is 716 g/mol. The Labute approximate surface area is 303 Å². The normalized spacial score (nSPS) is 14.8. The summed E-state index contributed by atoms with van der Waals surface area (Å²) < 4.78 is 23.4. The molecule has 0 aromatic carbocycles. The van der Waals surface area contributed by atoms with Crippen molar-refractivity contribution in [3.05, 3.63) is 24.3 Å². The van der Waals surface area contributed by atoms with Crippen LogP contribution in [-0.4, -0.2) is 73.4 Å². The minimum atomic E-state index is -4.33. The molecule has 0 aromatic heterocycles. The van der Waals surface area contributed by atoms with Gasteiger partial charge in [-0.05, 0) is 32.1 Å². The first-order valence-corrected chi connectivity index (χ1v) is 21.7. The van der Waals surface area contributed by atoms with Crippen LogP contribution in [0.3, 0.4) is 0 Å². The van der Waals surface area contributed by atoms with Crippen molar-refractivity contribution in [2.24, 2.45) is 0 Å². The van der Waals surface area contributed by atoms with Gasteiger partial charge in [-0.15, -0.1) is 0 Å². The fourth-order valence-electron chi connectivity index (χ4n) is 5.64. The molecule has 3 unspecified atom stereocenters. The van der Waals surface area contributed by atoms with Gasteiger partial charge in [0.15, 0.2) is 0 Å². The number of carbonyl (C=O) groups excluding carboxylic acids is 1. The van der Waals surface area contributed by atoms with Gasteiger partial charge in [0, 0.05) is 6.42 Å². The molecule has 0 aliphatic heterocycles. The summed E-state index contributed by atoms with van der Waals surface area (Å²) in [5, 5.41) is 13.7. The van der Waals surface area contributed by atoms with E-state index < -0.39 is 20.0 Å². The summed E-state index contributed by atoms with van der Waals surface area (Å²) >= 11 is 0. The maximum Gasteiger partial charge on any atom is 0.472 e. The Morgan fingerprint density at radius 1 is 0.673 bits per heavy atom. The fourth-order valence-corrected chi connectivity index (χ4v) is 6.38. The minimum Gasteiger partial charge on any atom is -0.387 e. The van der Waals surface area contributed by atoms with Crippen LogP contribution < -0.4 is 5.32 Å². The molecule has 0 rings (SSSR count). The van der Waals surface area contributed by atoms with E-state index in [1.54, 1.807) is 6.08 Å². The lowest BCUT2D eigenvalue weighted by Gasteiger charge is -2.25. The first-order valence-electron chi connectivity index (χ1n) is 20.2. The molecular weight excluding hydrogens is 635 g/mol. The summed E-state index contributed by atoms with van der Waals surface area (Å²) in [7, 11) is 1.56. The molecule has 0 aromatic rings. The van der Waals surface area contributed by atoms with Crippen LogP contribution in [0.4, 0.5) is 0 Å². The Bertz CT molecular complexity index is 860. The zero-order valence-electron chi connectivity index (χ0n) is 32.7. The molecule has 9 heteroatoms. The van der Waals surface area contributed by atoms with Crippen LogP contribution in [0, 0.1) is 0 Å². The van der Waals surface area contributed by atoms with Gasteiger partial charge in [0.25, 0.3) is 0 Å². The summed E-state index contributed by atoms with van der Waals surface area (Å²) in [5.41, 5.74) is 0. The number of nitrogens with zero attached hydrogens (tertiary/aromatic N) is 1. The molecule has 3 atom stereocenters. The highest BCUT2D eigenvalue weighted by atomic mass is 31.2. The number of hydrogen-bond acceptors (Lipinski definition) is 5. The lowest BCUT2D eigenvalue weighted by molar-refractivity contribution is -0.870. The number of phosphoric ester groups is 1. The van der Waals surface area contributed by atoms with E-state index in [4.69, 9.17) is 9.05 Å². The van der Waals surface area contributed by atoms with Gasteiger partial charge in [-0.3, -0.25) is 13.8 Å². The highest BCUT2D eigenvalue weighted by Gasteiger charge is 2.27. The number of unbranched alkanes of at least 4 members (excludes halogenated alkanes) is 21. The molecule has 8 nitrogen and oxygen atoms in total. The van der Waals surface area contributed by atoms with Crippen molar-refractivity contribution in [3.63, 3.8) is 0 Å². The van der Waals surface area contributed by atoms with E-state index in [2.05, 4.69) is 31.3 Å². The summed E-state index contributed by atoms with van der Waals surface area (Å²) in [6, 6.07) is -0.856. The number of amides is 1. The van der Waals surface area contributed by atoms with Gasteiger partial charge < -0.3 is 19.8 Å². The smallest absolute Gasteiger partial charge is 0.387 e. The number of nitrogens with one attached hydrogen (secondary N) is 1. The van der Waals surface area contributed by atoms with E-state index in [0.717, 1.165) is 38.5 Å². The zero-order valence-corrected chi connectivity index (χ0v) is 33.6. The van der Waals surface area contributed by atoms with Crippen LogP contribution in [0.5, 0.6) is 0 Å². The van der Waals surface area contributed by atoms with Crippen LogP contribution in [0.15, 0.2) is 24.3 Å². The second-order valence-corrected chi connectivity index (χ2v) is 16.5. The van der Waals surface area contributed by atoms with Crippen molar-refractivity contribution in [2.45, 2.75) is 187 Å². The van der Waals surface area contributed by atoms with Gasteiger partial charge in [0.05, 0.1) is 39.9 Å². The summed E-state index contributed by atoms with van der Waals surface area (Å²) in [4.78, 5) is 23.0. The van der Waals surface area contributed by atoms with E-state index in [1.165, 1.54) is 116 Å². The fraction of sp³-hybridized carbons (Fsp3) is 0.875. The van der Waals surface area contributed by atoms with Gasteiger partial charge in [-0.25, -0.2) is 4.57 Å². The van der Waals surface area contributed by atoms with Crippen LogP contribution in [0.2, 0.25) is 0 Å². The van der Waals surface area contributed by atoms with E-state index in [9.17, 15) is 19.4 Å². The van der Waals surface area contributed by atoms with Crippen LogP contribution in [0.1, 0.15) is 174 Å². The average Bonchev–Trinajstić information content (AvgIpc) is 3.04. The number of allylic oxidation sites excluding steroid dienone is 3. The summed E-state index contributed by atoms with van der Waals surface area (Å²) in [5.74, 6) is -0.188. The zero-order chi connectivity index (χ0) is 36.5. The first-order chi connectivity index (χ1) is 23.5. The summed E-state index contributed by atoms with van der Waals surface area (Å²) in [6.45, 7) is 4.77. The summed E-state index contributed by atoms with van der Waals surface area (Å²) in [6.07, 6.45) is 36.7. The lowest BCUT2D eigenvalue weighted by atomic mass is 10.0. The molecule has 0 heterocycles. The molecule has 0 spiro atoms. The Balaban J connectivity index is 4.54. The van der Waals surface area contributed by atoms with E-state index >= 15 is 0 Å². The van der Waals surface area contributed by atoms with E-state index in [0.29, 0.717) is 17.4 Å². The Kier molecular flexibility index (Phi) is 32.2. The topological polar surface area (TPSA) is 105 Å². The van der Waals surface area contributed by atoms with Crippen molar-refractivity contribution in [1.29, 1.82) is 0 Å². The quantitative estimate of drug-likeness (QED) is 0.0258. The largest absolute Gasteiger partial charge is 0.472 e. The minimum absolute atomic E-state index is 0.0579. The highest BCUT2D eigenvalue weighted by molar-refractivity contribution is 7.47. The third-order valence-electron chi connectivity index (χ3n) is 8.92. The van der Waals surface area contributed by atoms with Gasteiger partial charge in [-0.1, -0.05) is 160 Å². The molecule has 1 amide bonds. The molecular formula is C40H80N2O6P+. The van der Waals surface area contributed by atoms with Gasteiger partial charge >= 0.3 is 7.82 Å². The van der Waals surface area contributed by atoms with Crippen molar-refractivity contribution in [2.75, 3.05) is 40.9 Å². The first kappa shape index (κ1) is 48.0. The Morgan fingerprint density at radius 3 is 1.63 bits per heavy atom.